The minimum Gasteiger partial charge on any atom is -0.336 e. The van der Waals surface area contributed by atoms with Crippen molar-refractivity contribution in [1.82, 2.24) is 14.3 Å². The Morgan fingerprint density at radius 1 is 1.24 bits per heavy atom. The third-order valence-electron chi connectivity index (χ3n) is 3.18. The molecule has 1 aromatic carbocycles. The van der Waals surface area contributed by atoms with Gasteiger partial charge in [0.25, 0.3) is 5.56 Å². The van der Waals surface area contributed by atoms with E-state index in [0.29, 0.717) is 0 Å². The molecular formula is C13H13N3O. The summed E-state index contributed by atoms with van der Waals surface area (Å²) >= 11 is 0. The fourth-order valence-electron chi connectivity index (χ4n) is 2.37. The molecule has 0 aliphatic carbocycles. The first-order valence-electron chi connectivity index (χ1n) is 5.67. The summed E-state index contributed by atoms with van der Waals surface area (Å²) in [4.78, 5) is 12.2. The van der Waals surface area contributed by atoms with Crippen molar-refractivity contribution in [3.8, 4) is 0 Å². The number of nitrogens with zero attached hydrogens (tertiary/aromatic N) is 3. The van der Waals surface area contributed by atoms with Crippen LogP contribution in [-0.4, -0.2) is 14.3 Å². The maximum absolute atomic E-state index is 12.2. The first kappa shape index (κ1) is 10.1. The van der Waals surface area contributed by atoms with Gasteiger partial charge in [-0.25, -0.2) is 4.68 Å². The number of aromatic nitrogens is 3. The van der Waals surface area contributed by atoms with Crippen LogP contribution in [0.25, 0.3) is 21.8 Å². The van der Waals surface area contributed by atoms with Crippen LogP contribution in [0, 0.1) is 0 Å². The quantitative estimate of drug-likeness (QED) is 0.637. The highest BCUT2D eigenvalue weighted by Crippen LogP contribution is 2.25. The first-order valence-corrected chi connectivity index (χ1v) is 5.67. The van der Waals surface area contributed by atoms with Crippen LogP contribution >= 0.6 is 0 Å². The van der Waals surface area contributed by atoms with Crippen molar-refractivity contribution in [2.75, 3.05) is 0 Å². The summed E-state index contributed by atoms with van der Waals surface area (Å²) < 4.78 is 3.43. The van der Waals surface area contributed by atoms with E-state index in [1.54, 1.807) is 13.2 Å². The second-order valence-electron chi connectivity index (χ2n) is 4.10. The zero-order valence-corrected chi connectivity index (χ0v) is 9.84. The molecule has 0 radical (unpaired) electrons. The number of hydrogen-bond donors (Lipinski definition) is 0. The number of benzene rings is 1. The van der Waals surface area contributed by atoms with Gasteiger partial charge in [0.1, 0.15) is 5.52 Å². The van der Waals surface area contributed by atoms with Crippen LogP contribution in [0.4, 0.5) is 0 Å². The zero-order valence-electron chi connectivity index (χ0n) is 9.84. The van der Waals surface area contributed by atoms with Gasteiger partial charge in [-0.2, -0.15) is 5.10 Å². The minimum atomic E-state index is -0.0412. The van der Waals surface area contributed by atoms with Gasteiger partial charge in [0, 0.05) is 29.9 Å². The molecule has 0 spiro atoms. The Bertz CT molecular complexity index is 767. The zero-order chi connectivity index (χ0) is 12.0. The van der Waals surface area contributed by atoms with E-state index in [4.69, 9.17) is 0 Å². The Morgan fingerprint density at radius 2 is 2.00 bits per heavy atom. The average molecular weight is 227 g/mol. The van der Waals surface area contributed by atoms with Crippen LogP contribution in [0.5, 0.6) is 0 Å². The van der Waals surface area contributed by atoms with E-state index in [-0.39, 0.29) is 5.56 Å². The highest BCUT2D eigenvalue weighted by Gasteiger charge is 2.12. The van der Waals surface area contributed by atoms with E-state index in [0.717, 1.165) is 28.4 Å². The third-order valence-corrected chi connectivity index (χ3v) is 3.18. The summed E-state index contributed by atoms with van der Waals surface area (Å²) in [5.41, 5.74) is 1.79. The smallest absolute Gasteiger partial charge is 0.291 e. The molecule has 0 fully saturated rings. The molecule has 17 heavy (non-hydrogen) atoms. The van der Waals surface area contributed by atoms with Crippen LogP contribution in [0.2, 0.25) is 0 Å². The lowest BCUT2D eigenvalue weighted by Crippen LogP contribution is -2.21. The topological polar surface area (TPSA) is 39.8 Å². The number of hydrogen-bond acceptors (Lipinski definition) is 2. The van der Waals surface area contributed by atoms with Gasteiger partial charge in [0.15, 0.2) is 0 Å². The SMILES string of the molecule is CCn1c2ccccc2c2cnn(C)c(=O)c21. The molecular weight excluding hydrogens is 214 g/mol. The van der Waals surface area contributed by atoms with Crippen LogP contribution in [0.3, 0.4) is 0 Å². The van der Waals surface area contributed by atoms with Gasteiger partial charge in [0.05, 0.1) is 6.20 Å². The molecule has 0 amide bonds. The summed E-state index contributed by atoms with van der Waals surface area (Å²) in [5.74, 6) is 0. The molecule has 2 heterocycles. The standard InChI is InChI=1S/C13H13N3O/c1-3-16-11-7-5-4-6-9(11)10-8-14-15(2)13(17)12(10)16/h4-8H,3H2,1-2H3. The van der Waals surface area contributed by atoms with Crippen LogP contribution < -0.4 is 5.56 Å². The van der Waals surface area contributed by atoms with Gasteiger partial charge >= 0.3 is 0 Å². The van der Waals surface area contributed by atoms with E-state index < -0.39 is 0 Å². The number of rotatable bonds is 1. The predicted molar refractivity (Wildman–Crippen MR) is 68.2 cm³/mol. The van der Waals surface area contributed by atoms with Crippen molar-refractivity contribution in [1.29, 1.82) is 0 Å². The van der Waals surface area contributed by atoms with Gasteiger partial charge in [-0.3, -0.25) is 4.79 Å². The lowest BCUT2D eigenvalue weighted by Gasteiger charge is -2.02. The van der Waals surface area contributed by atoms with Crippen molar-refractivity contribution < 1.29 is 0 Å². The van der Waals surface area contributed by atoms with Gasteiger partial charge < -0.3 is 4.57 Å². The van der Waals surface area contributed by atoms with Crippen molar-refractivity contribution in [3.63, 3.8) is 0 Å². The average Bonchev–Trinajstić information content (AvgIpc) is 2.68. The minimum absolute atomic E-state index is 0.0412. The van der Waals surface area contributed by atoms with Gasteiger partial charge in [-0.1, -0.05) is 18.2 Å². The number of fused-ring (bicyclic) bond motifs is 3. The van der Waals surface area contributed by atoms with E-state index in [1.165, 1.54) is 4.68 Å². The summed E-state index contributed by atoms with van der Waals surface area (Å²) in [5, 5.41) is 6.12. The second kappa shape index (κ2) is 3.45. The Kier molecular flexibility index (Phi) is 2.04. The molecule has 0 saturated heterocycles. The Hall–Kier alpha value is -2.10. The lowest BCUT2D eigenvalue weighted by molar-refractivity contribution is 0.707. The van der Waals surface area contributed by atoms with Crippen molar-refractivity contribution in [2.45, 2.75) is 13.5 Å². The predicted octanol–water partition coefficient (Wildman–Crippen LogP) is 1.91. The molecule has 0 atom stereocenters. The molecule has 0 unspecified atom stereocenters. The molecule has 0 aliphatic rings. The molecule has 3 aromatic rings. The molecule has 0 N–H and O–H groups in total. The van der Waals surface area contributed by atoms with E-state index in [2.05, 4.69) is 9.67 Å². The second-order valence-corrected chi connectivity index (χ2v) is 4.10. The maximum Gasteiger partial charge on any atom is 0.291 e. The summed E-state index contributed by atoms with van der Waals surface area (Å²) in [7, 11) is 1.68. The monoisotopic (exact) mass is 227 g/mol. The van der Waals surface area contributed by atoms with Crippen LogP contribution in [0.15, 0.2) is 35.3 Å². The molecule has 0 bridgehead atoms. The van der Waals surface area contributed by atoms with Crippen LogP contribution in [-0.2, 0) is 13.6 Å². The number of para-hydroxylation sites is 1. The van der Waals surface area contributed by atoms with Crippen molar-refractivity contribution in [3.05, 3.63) is 40.8 Å². The number of aryl methyl sites for hydroxylation is 2. The molecule has 0 aliphatic heterocycles. The summed E-state index contributed by atoms with van der Waals surface area (Å²) in [6, 6.07) is 8.05. The van der Waals surface area contributed by atoms with E-state index >= 15 is 0 Å². The maximum atomic E-state index is 12.2. The highest BCUT2D eigenvalue weighted by molar-refractivity contribution is 6.07. The fraction of sp³-hybridized carbons (Fsp3) is 0.231. The molecule has 3 rings (SSSR count). The Balaban J connectivity index is 2.69. The highest BCUT2D eigenvalue weighted by atomic mass is 16.1. The lowest BCUT2D eigenvalue weighted by atomic mass is 10.2. The summed E-state index contributed by atoms with van der Waals surface area (Å²) in [6.45, 7) is 2.83. The first-order chi connectivity index (χ1) is 8.24. The molecule has 4 heteroatoms. The molecule has 4 nitrogen and oxygen atoms in total. The normalized spacial score (nSPS) is 11.4. The third kappa shape index (κ3) is 1.24. The van der Waals surface area contributed by atoms with Gasteiger partial charge in [-0.05, 0) is 13.0 Å². The molecule has 2 aromatic heterocycles. The van der Waals surface area contributed by atoms with Crippen molar-refractivity contribution >= 4 is 21.8 Å². The van der Waals surface area contributed by atoms with Crippen LogP contribution in [0.1, 0.15) is 6.92 Å². The van der Waals surface area contributed by atoms with E-state index in [1.807, 2.05) is 31.2 Å². The molecule has 0 saturated carbocycles. The van der Waals surface area contributed by atoms with Crippen molar-refractivity contribution in [2.24, 2.45) is 7.05 Å². The van der Waals surface area contributed by atoms with Gasteiger partial charge in [0.2, 0.25) is 0 Å². The molecule has 86 valence electrons. The largest absolute Gasteiger partial charge is 0.336 e. The Morgan fingerprint density at radius 3 is 2.76 bits per heavy atom. The summed E-state index contributed by atoms with van der Waals surface area (Å²) in [6.07, 6.45) is 1.77. The Labute approximate surface area is 98.1 Å². The fourth-order valence-corrected chi connectivity index (χ4v) is 2.37. The van der Waals surface area contributed by atoms with Gasteiger partial charge in [-0.15, -0.1) is 0 Å². The van der Waals surface area contributed by atoms with E-state index in [9.17, 15) is 4.79 Å².